The van der Waals surface area contributed by atoms with E-state index in [1.807, 2.05) is 7.05 Å². The van der Waals surface area contributed by atoms with E-state index in [9.17, 15) is 8.78 Å². The summed E-state index contributed by atoms with van der Waals surface area (Å²) < 4.78 is 25.9. The monoisotopic (exact) mass is 227 g/mol. The van der Waals surface area contributed by atoms with Gasteiger partial charge in [0.1, 0.15) is 11.6 Å². The SMILES string of the molecule is CCC(CCCc1ccc(F)cc1F)NC. The van der Waals surface area contributed by atoms with E-state index < -0.39 is 11.6 Å². The van der Waals surface area contributed by atoms with Crippen molar-refractivity contribution in [1.29, 1.82) is 0 Å². The Bertz CT molecular complexity index is 322. The number of hydrogen-bond donors (Lipinski definition) is 1. The van der Waals surface area contributed by atoms with Gasteiger partial charge in [-0.1, -0.05) is 13.0 Å². The van der Waals surface area contributed by atoms with E-state index in [0.717, 1.165) is 25.3 Å². The van der Waals surface area contributed by atoms with Crippen LogP contribution in [-0.2, 0) is 6.42 Å². The second-order valence-corrected chi connectivity index (χ2v) is 4.02. The Labute approximate surface area is 95.9 Å². The third-order valence-corrected chi connectivity index (χ3v) is 2.91. The predicted octanol–water partition coefficient (Wildman–Crippen LogP) is 3.29. The Morgan fingerprint density at radius 3 is 2.62 bits per heavy atom. The zero-order valence-electron chi connectivity index (χ0n) is 9.89. The molecule has 1 atom stereocenters. The molecule has 0 aromatic heterocycles. The van der Waals surface area contributed by atoms with Crippen LogP contribution in [0.15, 0.2) is 18.2 Å². The Kier molecular flexibility index (Phi) is 5.39. The first-order valence-corrected chi connectivity index (χ1v) is 5.78. The van der Waals surface area contributed by atoms with E-state index in [1.54, 1.807) is 0 Å². The first-order chi connectivity index (χ1) is 7.67. The third-order valence-electron chi connectivity index (χ3n) is 2.91. The molecule has 1 aromatic carbocycles. The van der Waals surface area contributed by atoms with Crippen molar-refractivity contribution in [2.75, 3.05) is 7.05 Å². The molecule has 0 aliphatic heterocycles. The van der Waals surface area contributed by atoms with Gasteiger partial charge in [0.25, 0.3) is 0 Å². The number of nitrogens with one attached hydrogen (secondary N) is 1. The Morgan fingerprint density at radius 1 is 1.31 bits per heavy atom. The molecular formula is C13H19F2N. The second-order valence-electron chi connectivity index (χ2n) is 4.02. The molecule has 1 aromatic rings. The van der Waals surface area contributed by atoms with E-state index in [2.05, 4.69) is 12.2 Å². The molecule has 1 rings (SSSR count). The number of aryl methyl sites for hydroxylation is 1. The molecule has 0 aliphatic carbocycles. The van der Waals surface area contributed by atoms with Crippen LogP contribution in [0.5, 0.6) is 0 Å². The van der Waals surface area contributed by atoms with Crippen molar-refractivity contribution >= 4 is 0 Å². The van der Waals surface area contributed by atoms with Crippen LogP contribution < -0.4 is 5.32 Å². The minimum Gasteiger partial charge on any atom is -0.317 e. The number of benzene rings is 1. The summed E-state index contributed by atoms with van der Waals surface area (Å²) in [6, 6.07) is 4.28. The fourth-order valence-corrected chi connectivity index (χ4v) is 1.82. The van der Waals surface area contributed by atoms with Crippen molar-refractivity contribution in [2.45, 2.75) is 38.6 Å². The van der Waals surface area contributed by atoms with Crippen LogP contribution in [-0.4, -0.2) is 13.1 Å². The van der Waals surface area contributed by atoms with Crippen LogP contribution in [0.1, 0.15) is 31.7 Å². The highest BCUT2D eigenvalue weighted by Gasteiger charge is 2.06. The molecule has 0 aliphatic rings. The summed E-state index contributed by atoms with van der Waals surface area (Å²) in [5.74, 6) is -0.944. The lowest BCUT2D eigenvalue weighted by molar-refractivity contribution is 0.487. The fourth-order valence-electron chi connectivity index (χ4n) is 1.82. The minimum atomic E-state index is -0.511. The van der Waals surface area contributed by atoms with Crippen molar-refractivity contribution < 1.29 is 8.78 Å². The molecule has 0 spiro atoms. The molecule has 0 fully saturated rings. The smallest absolute Gasteiger partial charge is 0.129 e. The summed E-state index contributed by atoms with van der Waals surface area (Å²) in [4.78, 5) is 0. The van der Waals surface area contributed by atoms with Gasteiger partial charge >= 0.3 is 0 Å². The quantitative estimate of drug-likeness (QED) is 0.786. The highest BCUT2D eigenvalue weighted by atomic mass is 19.1. The van der Waals surface area contributed by atoms with Crippen molar-refractivity contribution in [3.05, 3.63) is 35.4 Å². The lowest BCUT2D eigenvalue weighted by atomic mass is 10.0. The van der Waals surface area contributed by atoms with E-state index in [4.69, 9.17) is 0 Å². The zero-order valence-corrected chi connectivity index (χ0v) is 9.89. The van der Waals surface area contributed by atoms with E-state index in [0.29, 0.717) is 18.0 Å². The Hall–Kier alpha value is -0.960. The van der Waals surface area contributed by atoms with Crippen LogP contribution in [0.25, 0.3) is 0 Å². The van der Waals surface area contributed by atoms with Gasteiger partial charge in [-0.25, -0.2) is 8.78 Å². The van der Waals surface area contributed by atoms with Gasteiger partial charge < -0.3 is 5.32 Å². The highest BCUT2D eigenvalue weighted by Crippen LogP contribution is 2.13. The topological polar surface area (TPSA) is 12.0 Å². The van der Waals surface area contributed by atoms with Gasteiger partial charge in [-0.2, -0.15) is 0 Å². The van der Waals surface area contributed by atoms with Crippen LogP contribution in [0.2, 0.25) is 0 Å². The molecule has 90 valence electrons. The molecule has 0 amide bonds. The minimum absolute atomic E-state index is 0.433. The van der Waals surface area contributed by atoms with Crippen molar-refractivity contribution in [3.8, 4) is 0 Å². The van der Waals surface area contributed by atoms with Crippen LogP contribution in [0.4, 0.5) is 8.78 Å². The normalized spacial score (nSPS) is 12.8. The first kappa shape index (κ1) is 13.1. The average Bonchev–Trinajstić information content (AvgIpc) is 2.27. The largest absolute Gasteiger partial charge is 0.317 e. The maximum absolute atomic E-state index is 13.3. The lowest BCUT2D eigenvalue weighted by Crippen LogP contribution is -2.24. The van der Waals surface area contributed by atoms with E-state index in [1.165, 1.54) is 12.1 Å². The predicted molar refractivity (Wildman–Crippen MR) is 62.4 cm³/mol. The number of hydrogen-bond acceptors (Lipinski definition) is 1. The van der Waals surface area contributed by atoms with Crippen molar-refractivity contribution in [1.82, 2.24) is 5.32 Å². The third kappa shape index (κ3) is 3.89. The second kappa shape index (κ2) is 6.59. The maximum atomic E-state index is 13.3. The van der Waals surface area contributed by atoms with E-state index in [-0.39, 0.29) is 0 Å². The van der Waals surface area contributed by atoms with Gasteiger partial charge in [-0.05, 0) is 44.4 Å². The van der Waals surface area contributed by atoms with Gasteiger partial charge in [0.05, 0.1) is 0 Å². The van der Waals surface area contributed by atoms with Crippen LogP contribution in [0.3, 0.4) is 0 Å². The number of halogens is 2. The van der Waals surface area contributed by atoms with Crippen LogP contribution >= 0.6 is 0 Å². The summed E-state index contributed by atoms with van der Waals surface area (Å²) >= 11 is 0. The molecule has 0 heterocycles. The van der Waals surface area contributed by atoms with Crippen molar-refractivity contribution in [3.63, 3.8) is 0 Å². The standard InChI is InChI=1S/C13H19F2N/c1-3-12(16-2)6-4-5-10-7-8-11(14)9-13(10)15/h7-9,12,16H,3-6H2,1-2H3. The molecule has 1 N–H and O–H groups in total. The molecule has 1 nitrogen and oxygen atoms in total. The molecule has 0 radical (unpaired) electrons. The van der Waals surface area contributed by atoms with Crippen LogP contribution in [0, 0.1) is 11.6 Å². The van der Waals surface area contributed by atoms with E-state index >= 15 is 0 Å². The lowest BCUT2D eigenvalue weighted by Gasteiger charge is -2.13. The summed E-state index contributed by atoms with van der Waals surface area (Å²) in [5.41, 5.74) is 0.604. The Balaban J connectivity index is 2.42. The molecule has 16 heavy (non-hydrogen) atoms. The van der Waals surface area contributed by atoms with Gasteiger partial charge in [-0.3, -0.25) is 0 Å². The van der Waals surface area contributed by atoms with Gasteiger partial charge in [-0.15, -0.1) is 0 Å². The summed E-state index contributed by atoms with van der Waals surface area (Å²) in [6.45, 7) is 2.12. The molecule has 1 unspecified atom stereocenters. The summed E-state index contributed by atoms with van der Waals surface area (Å²) in [7, 11) is 1.94. The fraction of sp³-hybridized carbons (Fsp3) is 0.538. The summed E-state index contributed by atoms with van der Waals surface area (Å²) in [5, 5.41) is 3.21. The summed E-state index contributed by atoms with van der Waals surface area (Å²) in [6.07, 6.45) is 3.68. The molecule has 0 bridgehead atoms. The molecule has 0 saturated heterocycles. The first-order valence-electron chi connectivity index (χ1n) is 5.78. The molecule has 3 heteroatoms. The van der Waals surface area contributed by atoms with Gasteiger partial charge in [0, 0.05) is 12.1 Å². The van der Waals surface area contributed by atoms with Crippen molar-refractivity contribution in [2.24, 2.45) is 0 Å². The Morgan fingerprint density at radius 2 is 2.06 bits per heavy atom. The highest BCUT2D eigenvalue weighted by molar-refractivity contribution is 5.18. The molecular weight excluding hydrogens is 208 g/mol. The van der Waals surface area contributed by atoms with Gasteiger partial charge in [0.2, 0.25) is 0 Å². The molecule has 0 saturated carbocycles. The number of rotatable bonds is 6. The maximum Gasteiger partial charge on any atom is 0.129 e. The zero-order chi connectivity index (χ0) is 12.0. The average molecular weight is 227 g/mol. The van der Waals surface area contributed by atoms with Gasteiger partial charge in [0.15, 0.2) is 0 Å².